The molecule has 84 valence electrons. The van der Waals surface area contributed by atoms with Crippen molar-refractivity contribution in [1.29, 1.82) is 0 Å². The zero-order chi connectivity index (χ0) is 11.4. The summed E-state index contributed by atoms with van der Waals surface area (Å²) in [5.41, 5.74) is 5.12. The van der Waals surface area contributed by atoms with Gasteiger partial charge in [-0.2, -0.15) is 0 Å². The highest BCUT2D eigenvalue weighted by Crippen LogP contribution is 2.11. The number of rotatable bonds is 6. The first-order valence-corrected chi connectivity index (χ1v) is 6.53. The summed E-state index contributed by atoms with van der Waals surface area (Å²) in [6, 6.07) is 0. The normalized spacial score (nSPS) is 14.3. The molecule has 0 bridgehead atoms. The third kappa shape index (κ3) is 4.09. The van der Waals surface area contributed by atoms with Gasteiger partial charge in [0.2, 0.25) is 5.91 Å². The maximum Gasteiger partial charge on any atom is 0.220 e. The zero-order valence-electron chi connectivity index (χ0n) is 8.99. The van der Waals surface area contributed by atoms with Crippen molar-refractivity contribution in [2.45, 2.75) is 38.9 Å². The molecule has 0 spiro atoms. The maximum atomic E-state index is 11.4. The van der Waals surface area contributed by atoms with Gasteiger partial charge in [0, 0.05) is 5.92 Å². The minimum absolute atomic E-state index is 0.0477. The van der Waals surface area contributed by atoms with Gasteiger partial charge < -0.3 is 5.73 Å². The van der Waals surface area contributed by atoms with Crippen molar-refractivity contribution in [3.05, 3.63) is 0 Å². The van der Waals surface area contributed by atoms with Crippen LogP contribution >= 0.6 is 0 Å². The highest BCUT2D eigenvalue weighted by atomic mass is 32.2. The molecule has 0 radical (unpaired) electrons. The largest absolute Gasteiger partial charge is 0.369 e. The lowest BCUT2D eigenvalue weighted by atomic mass is 10.0. The average molecular weight is 221 g/mol. The molecule has 0 heterocycles. The number of hydrogen-bond acceptors (Lipinski definition) is 3. The molecule has 0 aromatic rings. The molecule has 2 N–H and O–H groups in total. The fraction of sp³-hybridized carbons (Fsp3) is 0.889. The molecule has 0 aliphatic carbocycles. The van der Waals surface area contributed by atoms with Crippen molar-refractivity contribution < 1.29 is 13.2 Å². The maximum absolute atomic E-state index is 11.4. The summed E-state index contributed by atoms with van der Waals surface area (Å²) in [4.78, 5) is 10.8. The number of carbonyl (C=O) groups excluding carboxylic acids is 1. The molecule has 0 aromatic carbocycles. The molecule has 1 amide bonds. The van der Waals surface area contributed by atoms with Gasteiger partial charge in [0.1, 0.15) is 0 Å². The highest BCUT2D eigenvalue weighted by Gasteiger charge is 2.20. The van der Waals surface area contributed by atoms with Crippen LogP contribution < -0.4 is 5.73 Å². The van der Waals surface area contributed by atoms with E-state index < -0.39 is 15.7 Å². The van der Waals surface area contributed by atoms with Crippen LogP contribution in [0.25, 0.3) is 0 Å². The third-order valence-corrected chi connectivity index (χ3v) is 4.61. The fourth-order valence-corrected chi connectivity index (χ4v) is 2.17. The van der Waals surface area contributed by atoms with Gasteiger partial charge in [-0.3, -0.25) is 4.79 Å². The van der Waals surface area contributed by atoms with Crippen LogP contribution in [0.15, 0.2) is 0 Å². The van der Waals surface area contributed by atoms with Gasteiger partial charge in [0.15, 0.2) is 9.84 Å². The second kappa shape index (κ2) is 5.34. The molecule has 1 atom stereocenters. The van der Waals surface area contributed by atoms with Gasteiger partial charge in [-0.15, -0.1) is 0 Å². The topological polar surface area (TPSA) is 77.2 Å². The predicted molar refractivity (Wildman–Crippen MR) is 56.5 cm³/mol. The van der Waals surface area contributed by atoms with E-state index in [1.165, 1.54) is 0 Å². The number of primary amides is 1. The van der Waals surface area contributed by atoms with Gasteiger partial charge >= 0.3 is 0 Å². The van der Waals surface area contributed by atoms with Crippen molar-refractivity contribution in [3.63, 3.8) is 0 Å². The molecule has 0 saturated heterocycles. The predicted octanol–water partition coefficient (Wildman–Crippen LogP) is 0.711. The molecular formula is C9H19NO3S. The van der Waals surface area contributed by atoms with Gasteiger partial charge in [-0.25, -0.2) is 8.42 Å². The van der Waals surface area contributed by atoms with E-state index in [-0.39, 0.29) is 16.9 Å². The van der Waals surface area contributed by atoms with Crippen LogP contribution in [0.4, 0.5) is 0 Å². The first-order valence-electron chi connectivity index (χ1n) is 4.82. The van der Waals surface area contributed by atoms with Crippen LogP contribution in [0.3, 0.4) is 0 Å². The van der Waals surface area contributed by atoms with Gasteiger partial charge in [-0.05, 0) is 26.7 Å². The molecule has 14 heavy (non-hydrogen) atoms. The molecule has 4 nitrogen and oxygen atoms in total. The second-order valence-electron chi connectivity index (χ2n) is 3.71. The first kappa shape index (κ1) is 13.4. The van der Waals surface area contributed by atoms with E-state index in [0.29, 0.717) is 12.8 Å². The monoisotopic (exact) mass is 221 g/mol. The van der Waals surface area contributed by atoms with Crippen molar-refractivity contribution in [2.75, 3.05) is 5.75 Å². The minimum Gasteiger partial charge on any atom is -0.369 e. The summed E-state index contributed by atoms with van der Waals surface area (Å²) in [6.07, 6.45) is 0.940. The van der Waals surface area contributed by atoms with Crippen molar-refractivity contribution >= 4 is 15.7 Å². The molecule has 0 fully saturated rings. The smallest absolute Gasteiger partial charge is 0.220 e. The molecular weight excluding hydrogens is 202 g/mol. The van der Waals surface area contributed by atoms with E-state index in [4.69, 9.17) is 5.73 Å². The Morgan fingerprint density at radius 2 is 1.86 bits per heavy atom. The van der Waals surface area contributed by atoms with E-state index in [0.717, 1.165) is 0 Å². The van der Waals surface area contributed by atoms with Gasteiger partial charge in [0.05, 0.1) is 11.0 Å². The summed E-state index contributed by atoms with van der Waals surface area (Å²) in [7, 11) is -3.04. The van der Waals surface area contributed by atoms with Gasteiger partial charge in [0.25, 0.3) is 0 Å². The van der Waals surface area contributed by atoms with Crippen molar-refractivity contribution in [2.24, 2.45) is 11.7 Å². The summed E-state index contributed by atoms with van der Waals surface area (Å²) >= 11 is 0. The average Bonchev–Trinajstić information content (AvgIpc) is 2.04. The molecule has 0 saturated carbocycles. The lowest BCUT2D eigenvalue weighted by Gasteiger charge is -2.12. The molecule has 0 aromatic heterocycles. The van der Waals surface area contributed by atoms with Crippen LogP contribution in [0.1, 0.15) is 33.6 Å². The number of amides is 1. The lowest BCUT2D eigenvalue weighted by molar-refractivity contribution is -0.121. The Morgan fingerprint density at radius 3 is 2.14 bits per heavy atom. The van der Waals surface area contributed by atoms with E-state index >= 15 is 0 Å². The summed E-state index contributed by atoms with van der Waals surface area (Å²) < 4.78 is 22.8. The SMILES string of the molecule is CCC(CCS(=O)(=O)C(C)C)C(N)=O. The number of nitrogens with two attached hydrogens (primary N) is 1. The second-order valence-corrected chi connectivity index (χ2v) is 6.39. The Bertz CT molecular complexity index is 282. The number of hydrogen-bond donors (Lipinski definition) is 1. The van der Waals surface area contributed by atoms with E-state index in [2.05, 4.69) is 0 Å². The van der Waals surface area contributed by atoms with Crippen LogP contribution in [-0.2, 0) is 14.6 Å². The van der Waals surface area contributed by atoms with E-state index in [9.17, 15) is 13.2 Å². The first-order chi connectivity index (χ1) is 6.31. The lowest BCUT2D eigenvalue weighted by Crippen LogP contribution is -2.27. The van der Waals surface area contributed by atoms with Gasteiger partial charge in [-0.1, -0.05) is 6.92 Å². The molecule has 0 rings (SSSR count). The number of sulfone groups is 1. The minimum atomic E-state index is -3.04. The van der Waals surface area contributed by atoms with E-state index in [1.807, 2.05) is 6.92 Å². The number of carbonyl (C=O) groups is 1. The molecule has 0 aliphatic rings. The standard InChI is InChI=1S/C9H19NO3S/c1-4-8(9(10)11)5-6-14(12,13)7(2)3/h7-8H,4-6H2,1-3H3,(H2,10,11). The van der Waals surface area contributed by atoms with Crippen LogP contribution in [0.5, 0.6) is 0 Å². The Hall–Kier alpha value is -0.580. The summed E-state index contributed by atoms with van der Waals surface area (Å²) in [6.45, 7) is 5.11. The molecule has 5 heteroatoms. The van der Waals surface area contributed by atoms with Crippen LogP contribution in [0, 0.1) is 5.92 Å². The van der Waals surface area contributed by atoms with Crippen molar-refractivity contribution in [3.8, 4) is 0 Å². The summed E-state index contributed by atoms with van der Waals surface area (Å²) in [5, 5.41) is -0.382. The van der Waals surface area contributed by atoms with Crippen LogP contribution in [0.2, 0.25) is 0 Å². The Balaban J connectivity index is 4.24. The quantitative estimate of drug-likeness (QED) is 0.717. The molecule has 0 aliphatic heterocycles. The third-order valence-electron chi connectivity index (χ3n) is 2.36. The van der Waals surface area contributed by atoms with E-state index in [1.54, 1.807) is 13.8 Å². The Morgan fingerprint density at radius 1 is 1.36 bits per heavy atom. The summed E-state index contributed by atoms with van der Waals surface area (Å²) in [5.74, 6) is -0.679. The highest BCUT2D eigenvalue weighted by molar-refractivity contribution is 7.91. The zero-order valence-corrected chi connectivity index (χ0v) is 9.80. The molecule has 1 unspecified atom stereocenters. The van der Waals surface area contributed by atoms with Crippen molar-refractivity contribution in [1.82, 2.24) is 0 Å². The Labute approximate surface area is 85.8 Å². The Kier molecular flexibility index (Phi) is 5.12. The van der Waals surface area contributed by atoms with Crippen LogP contribution in [-0.4, -0.2) is 25.3 Å². The fourth-order valence-electron chi connectivity index (χ4n) is 1.09.